The minimum Gasteiger partial charge on any atom is -0.412 e. The molecule has 0 aliphatic rings. The molecule has 0 saturated carbocycles. The van der Waals surface area contributed by atoms with E-state index in [0.717, 1.165) is 0 Å². The van der Waals surface area contributed by atoms with Crippen molar-refractivity contribution >= 4 is 13.5 Å². The zero-order chi connectivity index (χ0) is 0. The van der Waals surface area contributed by atoms with Crippen molar-refractivity contribution in [3.05, 3.63) is 0 Å². The molecule has 0 aromatic heterocycles. The fourth-order valence-corrected chi connectivity index (χ4v) is 0. The Morgan fingerprint density at radius 1 is 1.00 bits per heavy atom. The standard InChI is InChI=1S/Gd.H2O.H2S.Tb/h;2*1H2;. The van der Waals surface area contributed by atoms with Gasteiger partial charge >= 0.3 is 0 Å². The van der Waals surface area contributed by atoms with Crippen molar-refractivity contribution in [2.75, 3.05) is 0 Å². The number of hydrogen-bond acceptors (Lipinski definition) is 0. The van der Waals surface area contributed by atoms with Crippen LogP contribution in [0.2, 0.25) is 0 Å². The van der Waals surface area contributed by atoms with Crippen LogP contribution in [0.5, 0.6) is 0 Å². The Bertz CT molecular complexity index is 8.00. The van der Waals surface area contributed by atoms with Gasteiger partial charge < -0.3 is 5.48 Å². The predicted molar refractivity (Wildman–Crippen MR) is 14.0 cm³/mol. The molecule has 0 fully saturated rings. The summed E-state index contributed by atoms with van der Waals surface area (Å²) in [6.45, 7) is 0. The molecule has 0 unspecified atom stereocenters. The Labute approximate surface area is 95.2 Å². The SMILES string of the molecule is O.S.[Gd].[Tb]. The Morgan fingerprint density at radius 3 is 1.00 bits per heavy atom. The topological polar surface area (TPSA) is 31.5 Å². The van der Waals surface area contributed by atoms with Crippen molar-refractivity contribution in [2.24, 2.45) is 0 Å². The Morgan fingerprint density at radius 2 is 1.00 bits per heavy atom. The molecule has 4 heavy (non-hydrogen) atoms. The molecule has 0 rings (SSSR count). The van der Waals surface area contributed by atoms with E-state index in [1.54, 1.807) is 0 Å². The molecule has 0 aromatic carbocycles. The summed E-state index contributed by atoms with van der Waals surface area (Å²) in [6.07, 6.45) is 0. The second-order valence-corrected chi connectivity index (χ2v) is 0. The fourth-order valence-electron chi connectivity index (χ4n) is 0. The second kappa shape index (κ2) is 16.8. The van der Waals surface area contributed by atoms with Gasteiger partial charge in [0.25, 0.3) is 0 Å². The van der Waals surface area contributed by atoms with Gasteiger partial charge in [-0.25, -0.2) is 0 Å². The third-order valence-electron chi connectivity index (χ3n) is 0. The van der Waals surface area contributed by atoms with Gasteiger partial charge in [0.15, 0.2) is 0 Å². The van der Waals surface area contributed by atoms with E-state index in [-0.39, 0.29) is 97.5 Å². The van der Waals surface area contributed by atoms with E-state index in [2.05, 4.69) is 0 Å². The monoisotopic (exact) mass is 369 g/mol. The molecule has 0 aromatic rings. The Hall–Kier alpha value is 2.92. The van der Waals surface area contributed by atoms with Gasteiger partial charge in [0.1, 0.15) is 0 Å². The van der Waals surface area contributed by atoms with Crippen LogP contribution in [0.1, 0.15) is 0 Å². The summed E-state index contributed by atoms with van der Waals surface area (Å²) in [4.78, 5) is 0. The molecule has 0 amide bonds. The van der Waals surface area contributed by atoms with Crippen LogP contribution in [0, 0.1) is 78.6 Å². The maximum absolute atomic E-state index is 0. The number of hydrogen-bond donors (Lipinski definition) is 0. The van der Waals surface area contributed by atoms with Gasteiger partial charge in [0.05, 0.1) is 0 Å². The zero-order valence-corrected chi connectivity index (χ0v) is 7.09. The molecule has 0 bridgehead atoms. The summed E-state index contributed by atoms with van der Waals surface area (Å²) in [6, 6.07) is 0. The molecule has 0 aliphatic heterocycles. The van der Waals surface area contributed by atoms with E-state index < -0.39 is 0 Å². The van der Waals surface area contributed by atoms with Gasteiger partial charge in [0.2, 0.25) is 0 Å². The normalized spacial score (nSPS) is 0. The average Bonchev–Trinajstić information content (AvgIpc) is 0. The first-order valence-electron chi connectivity index (χ1n) is 0. The molecule has 0 aliphatic carbocycles. The molecule has 0 saturated heterocycles. The molecule has 4 heteroatoms. The maximum Gasteiger partial charge on any atom is 0 e. The van der Waals surface area contributed by atoms with Gasteiger partial charge in [-0.1, -0.05) is 0 Å². The summed E-state index contributed by atoms with van der Waals surface area (Å²) < 4.78 is 0. The second-order valence-electron chi connectivity index (χ2n) is 0. The van der Waals surface area contributed by atoms with Gasteiger partial charge in [-0.3, -0.25) is 0 Å². The van der Waals surface area contributed by atoms with E-state index in [0.29, 0.717) is 0 Å². The minimum absolute atomic E-state index is 0. The van der Waals surface area contributed by atoms with Crippen LogP contribution in [0.3, 0.4) is 0 Å². The summed E-state index contributed by atoms with van der Waals surface area (Å²) in [5, 5.41) is 0. The largest absolute Gasteiger partial charge is 0.412 e. The first kappa shape index (κ1) is 28.4. The van der Waals surface area contributed by atoms with Crippen molar-refractivity contribution in [3.63, 3.8) is 0 Å². The quantitative estimate of drug-likeness (QED) is 0.541. The van der Waals surface area contributed by atoms with Crippen LogP contribution in [0.25, 0.3) is 0 Å². The van der Waals surface area contributed by atoms with Gasteiger partial charge in [-0.15, -0.1) is 0 Å². The smallest absolute Gasteiger partial charge is 0 e. The van der Waals surface area contributed by atoms with E-state index in [9.17, 15) is 0 Å². The van der Waals surface area contributed by atoms with Gasteiger partial charge in [0, 0.05) is 78.6 Å². The van der Waals surface area contributed by atoms with Crippen LogP contribution < -0.4 is 0 Å². The van der Waals surface area contributed by atoms with Gasteiger partial charge in [-0.05, 0) is 0 Å². The average molecular weight is 368 g/mol. The molecule has 1 radical (unpaired) electrons. The van der Waals surface area contributed by atoms with Crippen LogP contribution in [0.4, 0.5) is 0 Å². The van der Waals surface area contributed by atoms with Crippen molar-refractivity contribution in [1.82, 2.24) is 0 Å². The summed E-state index contributed by atoms with van der Waals surface area (Å²) in [5.74, 6) is 0. The van der Waals surface area contributed by atoms with Crippen molar-refractivity contribution in [2.45, 2.75) is 0 Å². The summed E-state index contributed by atoms with van der Waals surface area (Å²) >= 11 is 0. The summed E-state index contributed by atoms with van der Waals surface area (Å²) in [5.41, 5.74) is 0. The van der Waals surface area contributed by atoms with Crippen molar-refractivity contribution in [3.8, 4) is 0 Å². The molecule has 1 nitrogen and oxygen atoms in total. The molecular formula is H4GdOSTb. The van der Waals surface area contributed by atoms with Crippen LogP contribution in [-0.2, 0) is 0 Å². The fraction of sp³-hybridized carbons (Fsp3) is 0. The molecule has 0 spiro atoms. The van der Waals surface area contributed by atoms with Crippen LogP contribution in [0.15, 0.2) is 0 Å². The maximum atomic E-state index is 0. The van der Waals surface area contributed by atoms with E-state index in [4.69, 9.17) is 0 Å². The van der Waals surface area contributed by atoms with Crippen LogP contribution in [-0.4, -0.2) is 5.48 Å². The van der Waals surface area contributed by atoms with Gasteiger partial charge in [-0.2, -0.15) is 13.5 Å². The van der Waals surface area contributed by atoms with Crippen LogP contribution >= 0.6 is 13.5 Å². The molecular weight excluding hydrogens is 364 g/mol. The van der Waals surface area contributed by atoms with Crippen molar-refractivity contribution < 1.29 is 84.0 Å². The van der Waals surface area contributed by atoms with E-state index in [1.807, 2.05) is 0 Å². The van der Waals surface area contributed by atoms with E-state index >= 15 is 0 Å². The predicted octanol–water partition coefficient (Wildman–Crippen LogP) is -0.712. The Kier molecular flexibility index (Phi) is 119. The zero-order valence-electron chi connectivity index (χ0n) is 1.69. The molecule has 0 heterocycles. The van der Waals surface area contributed by atoms with E-state index in [1.165, 1.54) is 0 Å². The first-order valence-corrected chi connectivity index (χ1v) is 0. The van der Waals surface area contributed by atoms with Crippen molar-refractivity contribution in [1.29, 1.82) is 0 Å². The molecule has 2 N–H and O–H groups in total. The molecule has 0 atom stereocenters. The third-order valence-corrected chi connectivity index (χ3v) is 0. The Balaban J connectivity index is 0. The third kappa shape index (κ3) is 8.87. The number of rotatable bonds is 0. The first-order chi connectivity index (χ1) is 0. The minimum atomic E-state index is 0. The molecule has 33 valence electrons. The summed E-state index contributed by atoms with van der Waals surface area (Å²) in [7, 11) is 0.